The van der Waals surface area contributed by atoms with Crippen molar-refractivity contribution in [1.29, 1.82) is 5.26 Å². The quantitative estimate of drug-likeness (QED) is 0.154. The van der Waals surface area contributed by atoms with Crippen LogP contribution < -0.4 is 14.4 Å². The highest BCUT2D eigenvalue weighted by molar-refractivity contribution is 6.34. The number of carbonyl (C=O) groups excluding carboxylic acids is 4. The molecule has 0 bridgehead atoms. The molecule has 2 aliphatic heterocycles. The van der Waals surface area contributed by atoms with Crippen LogP contribution in [0.5, 0.6) is 11.5 Å². The molecule has 2 aliphatic rings. The van der Waals surface area contributed by atoms with Crippen molar-refractivity contribution < 1.29 is 33.4 Å². The minimum Gasteiger partial charge on any atom is -0.493 e. The maximum Gasteiger partial charge on any atom is 0.343 e. The van der Waals surface area contributed by atoms with Crippen molar-refractivity contribution in [2.24, 2.45) is 0 Å². The number of anilines is 1. The number of hydrogen-bond donors (Lipinski definition) is 0. The van der Waals surface area contributed by atoms with Crippen LogP contribution in [-0.4, -0.2) is 62.0 Å². The van der Waals surface area contributed by atoms with Gasteiger partial charge in [-0.2, -0.15) is 5.26 Å². The van der Waals surface area contributed by atoms with Gasteiger partial charge in [-0.25, -0.2) is 9.69 Å². The number of imide groups is 1. The molecule has 10 nitrogen and oxygen atoms in total. The lowest BCUT2D eigenvalue weighted by molar-refractivity contribution is -0.130. The maximum absolute atomic E-state index is 12.9. The van der Waals surface area contributed by atoms with E-state index in [-0.39, 0.29) is 28.5 Å². The van der Waals surface area contributed by atoms with Crippen molar-refractivity contribution in [2.45, 2.75) is 0 Å². The Morgan fingerprint density at radius 2 is 1.57 bits per heavy atom. The topological polar surface area (TPSA) is 126 Å². The molecule has 0 aliphatic carbocycles. The van der Waals surface area contributed by atoms with Crippen LogP contribution in [0.4, 0.5) is 5.69 Å². The molecule has 5 rings (SSSR count). The minimum absolute atomic E-state index is 0.0353. The van der Waals surface area contributed by atoms with Gasteiger partial charge >= 0.3 is 5.97 Å². The summed E-state index contributed by atoms with van der Waals surface area (Å²) in [5, 5.41) is 9.54. The number of nitrogens with zero attached hydrogens (tertiary/aromatic N) is 3. The Labute approximate surface area is 229 Å². The normalized spacial score (nSPS) is 14.9. The molecule has 1 fully saturated rings. The molecule has 0 radical (unpaired) electrons. The summed E-state index contributed by atoms with van der Waals surface area (Å²) in [6.07, 6.45) is 1.45. The van der Waals surface area contributed by atoms with Crippen LogP contribution in [0.2, 0.25) is 0 Å². The highest BCUT2D eigenvalue weighted by Crippen LogP contribution is 2.31. The second kappa shape index (κ2) is 11.2. The molecular weight excluding hydrogens is 514 g/mol. The number of hydrogen-bond acceptors (Lipinski definition) is 8. The third-order valence-corrected chi connectivity index (χ3v) is 6.51. The number of ether oxygens (including phenoxy) is 3. The monoisotopic (exact) mass is 537 g/mol. The van der Waals surface area contributed by atoms with Crippen molar-refractivity contribution >= 4 is 35.5 Å². The van der Waals surface area contributed by atoms with Gasteiger partial charge in [0.15, 0.2) is 11.5 Å². The molecule has 10 heteroatoms. The number of esters is 1. The SMILES string of the molecule is COc1cc(/C=C(\C#N)C(=O)N2CCOCC2)ccc1OC(=O)c1ccc(N2C(=O)c3ccccc3C2=O)cc1. The fraction of sp³-hybridized carbons (Fsp3) is 0.167. The van der Waals surface area contributed by atoms with Gasteiger partial charge in [0.25, 0.3) is 17.7 Å². The maximum atomic E-state index is 12.9. The standard InChI is InChI=1S/C30H23N3O7/c1-38-26-17-19(16-21(18-31)27(34)32-12-14-39-15-13-32)6-11-25(26)40-30(37)20-7-9-22(10-8-20)33-28(35)23-4-2-3-5-24(23)29(33)36/h2-11,16-17H,12-15H2,1H3/b21-16+. The third kappa shape index (κ3) is 5.06. The summed E-state index contributed by atoms with van der Waals surface area (Å²) in [6, 6.07) is 19.1. The van der Waals surface area contributed by atoms with E-state index in [9.17, 15) is 24.4 Å². The Balaban J connectivity index is 1.30. The van der Waals surface area contributed by atoms with Crippen LogP contribution >= 0.6 is 0 Å². The first kappa shape index (κ1) is 26.3. The number of fused-ring (bicyclic) bond motifs is 1. The summed E-state index contributed by atoms with van der Waals surface area (Å²) in [7, 11) is 1.40. The van der Waals surface area contributed by atoms with Crippen LogP contribution in [0.15, 0.2) is 72.3 Å². The van der Waals surface area contributed by atoms with Gasteiger partial charge in [-0.05, 0) is 60.2 Å². The molecule has 3 aromatic rings. The number of carbonyl (C=O) groups is 4. The van der Waals surface area contributed by atoms with Crippen LogP contribution in [-0.2, 0) is 9.53 Å². The Morgan fingerprint density at radius 3 is 2.17 bits per heavy atom. The highest BCUT2D eigenvalue weighted by atomic mass is 16.6. The van der Waals surface area contributed by atoms with Gasteiger partial charge in [-0.15, -0.1) is 0 Å². The molecule has 2 heterocycles. The minimum atomic E-state index is -0.685. The van der Waals surface area contributed by atoms with Crippen LogP contribution in [0.1, 0.15) is 36.6 Å². The summed E-state index contributed by atoms with van der Waals surface area (Å²) in [5.41, 5.74) is 1.65. The molecule has 3 aromatic carbocycles. The fourth-order valence-electron chi connectivity index (χ4n) is 4.43. The zero-order valence-electron chi connectivity index (χ0n) is 21.5. The van der Waals surface area contributed by atoms with E-state index in [2.05, 4.69) is 0 Å². The zero-order chi connectivity index (χ0) is 28.2. The van der Waals surface area contributed by atoms with Gasteiger partial charge in [0, 0.05) is 13.1 Å². The average Bonchev–Trinajstić information content (AvgIpc) is 3.26. The zero-order valence-corrected chi connectivity index (χ0v) is 21.5. The number of morpholine rings is 1. The number of benzene rings is 3. The van der Waals surface area contributed by atoms with E-state index >= 15 is 0 Å². The molecule has 0 unspecified atom stereocenters. The van der Waals surface area contributed by atoms with Crippen molar-refractivity contribution in [3.05, 3.63) is 94.6 Å². The molecule has 40 heavy (non-hydrogen) atoms. The lowest BCUT2D eigenvalue weighted by atomic mass is 10.1. The summed E-state index contributed by atoms with van der Waals surface area (Å²) in [4.78, 5) is 53.6. The molecule has 1 saturated heterocycles. The van der Waals surface area contributed by atoms with E-state index in [1.807, 2.05) is 6.07 Å². The molecule has 0 atom stereocenters. The molecule has 200 valence electrons. The second-order valence-electron chi connectivity index (χ2n) is 8.91. The number of nitriles is 1. The largest absolute Gasteiger partial charge is 0.493 e. The predicted molar refractivity (Wildman–Crippen MR) is 143 cm³/mol. The molecule has 0 saturated carbocycles. The van der Waals surface area contributed by atoms with Gasteiger partial charge in [0.2, 0.25) is 0 Å². The first-order chi connectivity index (χ1) is 19.4. The van der Waals surface area contributed by atoms with Gasteiger partial charge in [0.05, 0.1) is 42.7 Å². The van der Waals surface area contributed by atoms with Crippen LogP contribution in [0, 0.1) is 11.3 Å². The molecular formula is C30H23N3O7. The number of methoxy groups -OCH3 is 1. The average molecular weight is 538 g/mol. The van der Waals surface area contributed by atoms with Crippen molar-refractivity contribution in [1.82, 2.24) is 4.90 Å². The van der Waals surface area contributed by atoms with Crippen molar-refractivity contribution in [3.8, 4) is 17.6 Å². The van der Waals surface area contributed by atoms with E-state index in [4.69, 9.17) is 14.2 Å². The Kier molecular flexibility index (Phi) is 7.39. The third-order valence-electron chi connectivity index (χ3n) is 6.51. The van der Waals surface area contributed by atoms with Crippen molar-refractivity contribution in [2.75, 3.05) is 38.3 Å². The van der Waals surface area contributed by atoms with Crippen LogP contribution in [0.25, 0.3) is 6.08 Å². The summed E-state index contributed by atoms with van der Waals surface area (Å²) in [6.45, 7) is 1.67. The first-order valence-corrected chi connectivity index (χ1v) is 12.4. The van der Waals surface area contributed by atoms with E-state index < -0.39 is 17.8 Å². The van der Waals surface area contributed by atoms with E-state index in [1.54, 1.807) is 41.3 Å². The molecule has 0 N–H and O–H groups in total. The lowest BCUT2D eigenvalue weighted by Gasteiger charge is -2.26. The smallest absolute Gasteiger partial charge is 0.343 e. The lowest BCUT2D eigenvalue weighted by Crippen LogP contribution is -2.41. The van der Waals surface area contributed by atoms with Crippen LogP contribution in [0.3, 0.4) is 0 Å². The Bertz CT molecular complexity index is 1550. The molecule has 0 aromatic heterocycles. The highest BCUT2D eigenvalue weighted by Gasteiger charge is 2.36. The van der Waals surface area contributed by atoms with Gasteiger partial charge in [-0.3, -0.25) is 14.4 Å². The van der Waals surface area contributed by atoms with Crippen molar-refractivity contribution in [3.63, 3.8) is 0 Å². The molecule has 3 amide bonds. The second-order valence-corrected chi connectivity index (χ2v) is 8.91. The molecule has 0 spiro atoms. The predicted octanol–water partition coefficient (Wildman–Crippen LogP) is 3.48. The first-order valence-electron chi connectivity index (χ1n) is 12.4. The Morgan fingerprint density at radius 1 is 0.925 bits per heavy atom. The van der Waals surface area contributed by atoms with Gasteiger partial charge < -0.3 is 19.1 Å². The number of amides is 3. The van der Waals surface area contributed by atoms with Gasteiger partial charge in [0.1, 0.15) is 11.6 Å². The summed E-state index contributed by atoms with van der Waals surface area (Å²) < 4.78 is 16.2. The Hall–Kier alpha value is -5.27. The van der Waals surface area contributed by atoms with E-state index in [0.717, 1.165) is 4.90 Å². The summed E-state index contributed by atoms with van der Waals surface area (Å²) >= 11 is 0. The fourth-order valence-corrected chi connectivity index (χ4v) is 4.43. The van der Waals surface area contributed by atoms with E-state index in [1.165, 1.54) is 43.5 Å². The van der Waals surface area contributed by atoms with Gasteiger partial charge in [-0.1, -0.05) is 18.2 Å². The summed E-state index contributed by atoms with van der Waals surface area (Å²) in [5.74, 6) is -1.57. The van der Waals surface area contributed by atoms with E-state index in [0.29, 0.717) is 48.7 Å². The number of rotatable bonds is 6.